The van der Waals surface area contributed by atoms with E-state index in [1.807, 2.05) is 18.8 Å². The maximum absolute atomic E-state index is 11.5. The van der Waals surface area contributed by atoms with Gasteiger partial charge >= 0.3 is 5.97 Å². The first-order valence-electron chi connectivity index (χ1n) is 5.42. The van der Waals surface area contributed by atoms with Gasteiger partial charge in [0.15, 0.2) is 0 Å². The maximum Gasteiger partial charge on any atom is 0.378 e. The van der Waals surface area contributed by atoms with Crippen molar-refractivity contribution in [3.8, 4) is 0 Å². The van der Waals surface area contributed by atoms with Crippen molar-refractivity contribution < 1.29 is 9.53 Å². The molecule has 0 radical (unpaired) electrons. The molecule has 1 unspecified atom stereocenters. The predicted octanol–water partition coefficient (Wildman–Crippen LogP) is 1.56. The number of carbonyl (C=O) groups is 1. The lowest BCUT2D eigenvalue weighted by Gasteiger charge is -2.05. The number of carbonyl (C=O) groups excluding carboxylic acids is 1. The van der Waals surface area contributed by atoms with E-state index in [9.17, 15) is 4.79 Å². The van der Waals surface area contributed by atoms with Crippen molar-refractivity contribution in [3.63, 3.8) is 0 Å². The fourth-order valence-corrected chi connectivity index (χ4v) is 3.05. The molecule has 0 aliphatic carbocycles. The van der Waals surface area contributed by atoms with Crippen LogP contribution < -0.4 is 0 Å². The van der Waals surface area contributed by atoms with Gasteiger partial charge in [0.25, 0.3) is 5.82 Å². The minimum absolute atomic E-state index is 0.173. The molecule has 0 N–H and O–H groups in total. The van der Waals surface area contributed by atoms with Crippen LogP contribution >= 0.6 is 11.8 Å². The van der Waals surface area contributed by atoms with Gasteiger partial charge < -0.3 is 4.74 Å². The molecule has 1 aromatic rings. The van der Waals surface area contributed by atoms with Gasteiger partial charge in [0.2, 0.25) is 0 Å². The molecule has 2 heterocycles. The van der Waals surface area contributed by atoms with E-state index in [1.165, 1.54) is 6.42 Å². The molecule has 1 saturated heterocycles. The Kier molecular flexibility index (Phi) is 3.48. The summed E-state index contributed by atoms with van der Waals surface area (Å²) in [5, 5.41) is 4.47. The first kappa shape index (κ1) is 11.4. The van der Waals surface area contributed by atoms with Crippen molar-refractivity contribution >= 4 is 17.7 Å². The van der Waals surface area contributed by atoms with Crippen molar-refractivity contribution in [2.75, 3.05) is 12.4 Å². The Morgan fingerprint density at radius 1 is 1.69 bits per heavy atom. The van der Waals surface area contributed by atoms with Gasteiger partial charge in [-0.3, -0.25) is 4.68 Å². The van der Waals surface area contributed by atoms with E-state index in [-0.39, 0.29) is 5.82 Å². The first-order valence-corrected chi connectivity index (χ1v) is 6.47. The van der Waals surface area contributed by atoms with Crippen LogP contribution in [-0.2, 0) is 11.8 Å². The Morgan fingerprint density at radius 2 is 2.50 bits per heavy atom. The van der Waals surface area contributed by atoms with Gasteiger partial charge in [0.05, 0.1) is 11.9 Å². The number of ether oxygens (including phenoxy) is 1. The number of hydrogen-bond donors (Lipinski definition) is 0. The maximum atomic E-state index is 11.5. The average Bonchev–Trinajstić information content (AvgIpc) is 2.86. The van der Waals surface area contributed by atoms with Crippen LogP contribution in [-0.4, -0.2) is 33.1 Å². The van der Waals surface area contributed by atoms with E-state index in [0.717, 1.165) is 18.0 Å². The average molecular weight is 241 g/mol. The number of aromatic nitrogens is 3. The molecule has 0 bridgehead atoms. The lowest BCUT2D eigenvalue weighted by molar-refractivity contribution is 0.0512. The van der Waals surface area contributed by atoms with E-state index in [4.69, 9.17) is 4.74 Å². The molecule has 0 spiro atoms. The highest BCUT2D eigenvalue weighted by Crippen LogP contribution is 2.38. The van der Waals surface area contributed by atoms with E-state index in [1.54, 1.807) is 11.6 Å². The van der Waals surface area contributed by atoms with E-state index in [2.05, 4.69) is 10.1 Å². The molecule has 1 atom stereocenters. The zero-order valence-corrected chi connectivity index (χ0v) is 10.3. The Labute approximate surface area is 98.6 Å². The number of aryl methyl sites for hydroxylation is 1. The molecule has 1 fully saturated rings. The molecular weight excluding hydrogens is 226 g/mol. The van der Waals surface area contributed by atoms with Gasteiger partial charge in [-0.1, -0.05) is 0 Å². The Bertz CT molecular complexity index is 385. The zero-order valence-electron chi connectivity index (χ0n) is 9.47. The van der Waals surface area contributed by atoms with Crippen LogP contribution in [0.3, 0.4) is 0 Å². The minimum atomic E-state index is -0.438. The highest BCUT2D eigenvalue weighted by Gasteiger charge is 2.25. The van der Waals surface area contributed by atoms with Crippen LogP contribution in [0.1, 0.15) is 41.5 Å². The topological polar surface area (TPSA) is 57.0 Å². The molecule has 1 aromatic heterocycles. The van der Waals surface area contributed by atoms with Gasteiger partial charge in [-0.2, -0.15) is 11.8 Å². The fourth-order valence-electron chi connectivity index (χ4n) is 1.74. The molecule has 6 heteroatoms. The number of rotatable bonds is 3. The molecule has 5 nitrogen and oxygen atoms in total. The second-order valence-electron chi connectivity index (χ2n) is 3.64. The summed E-state index contributed by atoms with van der Waals surface area (Å²) in [5.74, 6) is 1.77. The molecule has 1 aliphatic heterocycles. The van der Waals surface area contributed by atoms with E-state index < -0.39 is 5.97 Å². The predicted molar refractivity (Wildman–Crippen MR) is 61.4 cm³/mol. The van der Waals surface area contributed by atoms with E-state index >= 15 is 0 Å². The second-order valence-corrected chi connectivity index (χ2v) is 4.95. The van der Waals surface area contributed by atoms with Crippen molar-refractivity contribution in [1.29, 1.82) is 0 Å². The second kappa shape index (κ2) is 4.86. The minimum Gasteiger partial charge on any atom is -0.460 e. The third-order valence-electron chi connectivity index (χ3n) is 2.47. The summed E-state index contributed by atoms with van der Waals surface area (Å²) >= 11 is 1.87. The third kappa shape index (κ3) is 2.21. The molecule has 0 aromatic carbocycles. The van der Waals surface area contributed by atoms with Gasteiger partial charge in [-0.05, 0) is 25.5 Å². The molecule has 16 heavy (non-hydrogen) atoms. The Morgan fingerprint density at radius 3 is 3.12 bits per heavy atom. The van der Waals surface area contributed by atoms with Crippen LogP contribution in [0.2, 0.25) is 0 Å². The van der Waals surface area contributed by atoms with Gasteiger partial charge in [-0.25, -0.2) is 9.78 Å². The number of esters is 1. The van der Waals surface area contributed by atoms with Crippen LogP contribution in [0, 0.1) is 0 Å². The fraction of sp³-hybridized carbons (Fsp3) is 0.700. The zero-order chi connectivity index (χ0) is 11.5. The van der Waals surface area contributed by atoms with Gasteiger partial charge in [-0.15, -0.1) is 5.10 Å². The Balaban J connectivity index is 2.17. The summed E-state index contributed by atoms with van der Waals surface area (Å²) in [6, 6.07) is 0. The lowest BCUT2D eigenvalue weighted by Crippen LogP contribution is -2.07. The highest BCUT2D eigenvalue weighted by atomic mass is 32.2. The van der Waals surface area contributed by atoms with Gasteiger partial charge in [0, 0.05) is 7.05 Å². The SMILES string of the molecule is CCOC(=O)c1nc(C2CCCS2)n(C)n1. The largest absolute Gasteiger partial charge is 0.460 e. The van der Waals surface area contributed by atoms with Crippen LogP contribution in [0.25, 0.3) is 0 Å². The van der Waals surface area contributed by atoms with Crippen LogP contribution in [0.15, 0.2) is 0 Å². The number of nitrogens with zero attached hydrogens (tertiary/aromatic N) is 3. The van der Waals surface area contributed by atoms with Crippen molar-refractivity contribution in [1.82, 2.24) is 14.8 Å². The first-order chi connectivity index (χ1) is 7.72. The summed E-state index contributed by atoms with van der Waals surface area (Å²) in [5.41, 5.74) is 0. The molecule has 0 saturated carbocycles. The molecule has 0 amide bonds. The quantitative estimate of drug-likeness (QED) is 0.752. The number of thioether (sulfide) groups is 1. The third-order valence-corrected chi connectivity index (χ3v) is 3.85. The smallest absolute Gasteiger partial charge is 0.378 e. The lowest BCUT2D eigenvalue weighted by atomic mass is 10.2. The van der Waals surface area contributed by atoms with Crippen molar-refractivity contribution in [3.05, 3.63) is 11.6 Å². The van der Waals surface area contributed by atoms with Gasteiger partial charge in [0.1, 0.15) is 5.82 Å². The Hall–Kier alpha value is -1.04. The van der Waals surface area contributed by atoms with Crippen molar-refractivity contribution in [2.24, 2.45) is 7.05 Å². The monoisotopic (exact) mass is 241 g/mol. The summed E-state index contributed by atoms with van der Waals surface area (Å²) in [4.78, 5) is 15.7. The molecule has 1 aliphatic rings. The van der Waals surface area contributed by atoms with Crippen LogP contribution in [0.5, 0.6) is 0 Å². The number of hydrogen-bond acceptors (Lipinski definition) is 5. The molecule has 2 rings (SSSR count). The standard InChI is InChI=1S/C10H15N3O2S/c1-3-15-10(14)8-11-9(13(2)12-8)7-5-4-6-16-7/h7H,3-6H2,1-2H3. The molecular formula is C10H15N3O2S. The van der Waals surface area contributed by atoms with Crippen molar-refractivity contribution in [2.45, 2.75) is 25.0 Å². The normalized spacial score (nSPS) is 20.0. The summed E-state index contributed by atoms with van der Waals surface area (Å²) in [6.07, 6.45) is 2.32. The molecule has 88 valence electrons. The summed E-state index contributed by atoms with van der Waals surface area (Å²) < 4.78 is 6.56. The highest BCUT2D eigenvalue weighted by molar-refractivity contribution is 7.99. The summed E-state index contributed by atoms with van der Waals surface area (Å²) in [7, 11) is 1.82. The van der Waals surface area contributed by atoms with E-state index in [0.29, 0.717) is 11.9 Å². The summed E-state index contributed by atoms with van der Waals surface area (Å²) in [6.45, 7) is 2.12. The van der Waals surface area contributed by atoms with Crippen LogP contribution in [0.4, 0.5) is 0 Å².